The van der Waals surface area contributed by atoms with Crippen LogP contribution in [0.25, 0.3) is 5.82 Å². The quantitative estimate of drug-likeness (QED) is 0.726. The molecule has 5 nitrogen and oxygen atoms in total. The van der Waals surface area contributed by atoms with Crippen LogP contribution < -0.4 is 4.90 Å². The van der Waals surface area contributed by atoms with Crippen molar-refractivity contribution in [2.24, 2.45) is 0 Å². The third kappa shape index (κ3) is 4.00. The number of anilines is 1. The van der Waals surface area contributed by atoms with Crippen LogP contribution in [0.4, 0.5) is 5.69 Å². The van der Waals surface area contributed by atoms with E-state index in [9.17, 15) is 5.11 Å². The SMILES string of the molecule is CCC(O)CN(Cc1ccc(-n2ccnc2)nc1)c1ccccc1. The Morgan fingerprint density at radius 1 is 1.17 bits per heavy atom. The second kappa shape index (κ2) is 7.75. The van der Waals surface area contributed by atoms with Crippen molar-refractivity contribution in [2.75, 3.05) is 11.4 Å². The summed E-state index contributed by atoms with van der Waals surface area (Å²) >= 11 is 0. The predicted molar refractivity (Wildman–Crippen MR) is 95.1 cm³/mol. The van der Waals surface area contributed by atoms with Crippen molar-refractivity contribution in [1.82, 2.24) is 14.5 Å². The fourth-order valence-corrected chi connectivity index (χ4v) is 2.56. The molecule has 0 aliphatic rings. The fraction of sp³-hybridized carbons (Fsp3) is 0.263. The molecule has 1 unspecified atom stereocenters. The second-order valence-corrected chi connectivity index (χ2v) is 5.77. The maximum Gasteiger partial charge on any atom is 0.137 e. The first kappa shape index (κ1) is 16.2. The molecular weight excluding hydrogens is 300 g/mol. The fourth-order valence-electron chi connectivity index (χ4n) is 2.56. The van der Waals surface area contributed by atoms with E-state index in [1.54, 1.807) is 12.5 Å². The maximum atomic E-state index is 10.1. The number of aliphatic hydroxyl groups excluding tert-OH is 1. The number of hydrogen-bond acceptors (Lipinski definition) is 4. The standard InChI is InChI=1S/C19H22N4O/c1-2-18(24)14-23(17-6-4-3-5-7-17)13-16-8-9-19(21-12-16)22-11-10-20-15-22/h3-12,15,18,24H,2,13-14H2,1H3. The first-order chi connectivity index (χ1) is 11.8. The molecule has 124 valence electrons. The second-order valence-electron chi connectivity index (χ2n) is 5.77. The Kier molecular flexibility index (Phi) is 5.23. The lowest BCUT2D eigenvalue weighted by atomic mass is 10.2. The molecule has 0 saturated heterocycles. The van der Waals surface area contributed by atoms with Crippen LogP contribution in [-0.2, 0) is 6.54 Å². The molecule has 24 heavy (non-hydrogen) atoms. The van der Waals surface area contributed by atoms with Gasteiger partial charge in [0.1, 0.15) is 12.1 Å². The van der Waals surface area contributed by atoms with Gasteiger partial charge in [0.25, 0.3) is 0 Å². The van der Waals surface area contributed by atoms with Crippen molar-refractivity contribution < 1.29 is 5.11 Å². The Hall–Kier alpha value is -2.66. The van der Waals surface area contributed by atoms with Crippen molar-refractivity contribution >= 4 is 5.69 Å². The molecule has 0 saturated carbocycles. The van der Waals surface area contributed by atoms with Gasteiger partial charge in [0.15, 0.2) is 0 Å². The zero-order valence-electron chi connectivity index (χ0n) is 13.8. The Balaban J connectivity index is 1.77. The summed E-state index contributed by atoms with van der Waals surface area (Å²) in [6.07, 6.45) is 7.61. The minimum Gasteiger partial charge on any atom is -0.391 e. The van der Waals surface area contributed by atoms with Gasteiger partial charge in [-0.2, -0.15) is 0 Å². The summed E-state index contributed by atoms with van der Waals surface area (Å²) in [5.41, 5.74) is 2.20. The minimum atomic E-state index is -0.344. The number of hydrogen-bond donors (Lipinski definition) is 1. The summed E-state index contributed by atoms with van der Waals surface area (Å²) in [5.74, 6) is 0.844. The highest BCUT2D eigenvalue weighted by molar-refractivity contribution is 5.46. The third-order valence-corrected chi connectivity index (χ3v) is 3.98. The number of nitrogens with zero attached hydrogens (tertiary/aromatic N) is 4. The van der Waals surface area contributed by atoms with Gasteiger partial charge in [-0.3, -0.25) is 4.57 Å². The number of para-hydroxylation sites is 1. The average Bonchev–Trinajstić information content (AvgIpc) is 3.17. The molecule has 0 aliphatic heterocycles. The number of aromatic nitrogens is 3. The van der Waals surface area contributed by atoms with Gasteiger partial charge in [0.2, 0.25) is 0 Å². The lowest BCUT2D eigenvalue weighted by molar-refractivity contribution is 0.175. The topological polar surface area (TPSA) is 54.2 Å². The molecule has 0 fully saturated rings. The van der Waals surface area contributed by atoms with Crippen molar-refractivity contribution in [3.8, 4) is 5.82 Å². The molecule has 0 spiro atoms. The molecular formula is C19H22N4O. The maximum absolute atomic E-state index is 10.1. The lowest BCUT2D eigenvalue weighted by Crippen LogP contribution is -2.31. The Morgan fingerprint density at radius 3 is 2.62 bits per heavy atom. The van der Waals surface area contributed by atoms with Crippen LogP contribution >= 0.6 is 0 Å². The van der Waals surface area contributed by atoms with E-state index in [1.807, 2.05) is 48.1 Å². The minimum absolute atomic E-state index is 0.344. The van der Waals surface area contributed by atoms with E-state index in [0.29, 0.717) is 13.1 Å². The van der Waals surface area contributed by atoms with Crippen LogP contribution in [-0.4, -0.2) is 32.3 Å². The molecule has 1 atom stereocenters. The highest BCUT2D eigenvalue weighted by Crippen LogP contribution is 2.18. The molecule has 1 N–H and O–H groups in total. The van der Waals surface area contributed by atoms with Gasteiger partial charge in [0, 0.05) is 37.4 Å². The summed E-state index contributed by atoms with van der Waals surface area (Å²) in [5, 5.41) is 10.1. The van der Waals surface area contributed by atoms with Gasteiger partial charge in [-0.1, -0.05) is 31.2 Å². The van der Waals surface area contributed by atoms with E-state index in [-0.39, 0.29) is 6.10 Å². The summed E-state index contributed by atoms with van der Waals surface area (Å²) in [6, 6.07) is 14.2. The van der Waals surface area contributed by atoms with E-state index < -0.39 is 0 Å². The number of aliphatic hydroxyl groups is 1. The van der Waals surface area contributed by atoms with Crippen LogP contribution in [0.2, 0.25) is 0 Å². The van der Waals surface area contributed by atoms with E-state index in [0.717, 1.165) is 23.5 Å². The molecule has 3 aromatic rings. The van der Waals surface area contributed by atoms with Crippen LogP contribution in [0.1, 0.15) is 18.9 Å². The van der Waals surface area contributed by atoms with Crippen molar-refractivity contribution in [2.45, 2.75) is 26.0 Å². The van der Waals surface area contributed by atoms with Gasteiger partial charge < -0.3 is 10.0 Å². The van der Waals surface area contributed by atoms with Crippen molar-refractivity contribution in [3.05, 3.63) is 72.9 Å². The summed E-state index contributed by atoms with van der Waals surface area (Å²) < 4.78 is 1.87. The molecule has 2 heterocycles. The molecule has 3 rings (SSSR count). The first-order valence-corrected chi connectivity index (χ1v) is 8.17. The van der Waals surface area contributed by atoms with Crippen LogP contribution in [0, 0.1) is 0 Å². The van der Waals surface area contributed by atoms with Gasteiger partial charge in [-0.05, 0) is 30.2 Å². The van der Waals surface area contributed by atoms with E-state index in [1.165, 1.54) is 0 Å². The largest absolute Gasteiger partial charge is 0.391 e. The van der Waals surface area contributed by atoms with Crippen molar-refractivity contribution in [1.29, 1.82) is 0 Å². The van der Waals surface area contributed by atoms with Gasteiger partial charge in [0.05, 0.1) is 6.10 Å². The van der Waals surface area contributed by atoms with E-state index in [2.05, 4.69) is 33.1 Å². The Bertz CT molecular complexity index is 726. The first-order valence-electron chi connectivity index (χ1n) is 8.17. The Labute approximate surface area is 142 Å². The van der Waals surface area contributed by atoms with E-state index in [4.69, 9.17) is 0 Å². The normalized spacial score (nSPS) is 12.1. The highest BCUT2D eigenvalue weighted by atomic mass is 16.3. The lowest BCUT2D eigenvalue weighted by Gasteiger charge is -2.27. The number of pyridine rings is 1. The van der Waals surface area contributed by atoms with Gasteiger partial charge in [-0.15, -0.1) is 0 Å². The number of benzene rings is 1. The van der Waals surface area contributed by atoms with Gasteiger partial charge in [-0.25, -0.2) is 9.97 Å². The van der Waals surface area contributed by atoms with Gasteiger partial charge >= 0.3 is 0 Å². The Morgan fingerprint density at radius 2 is 2.00 bits per heavy atom. The van der Waals surface area contributed by atoms with Crippen LogP contribution in [0.5, 0.6) is 0 Å². The average molecular weight is 322 g/mol. The third-order valence-electron chi connectivity index (χ3n) is 3.98. The zero-order chi connectivity index (χ0) is 16.8. The molecule has 1 aromatic carbocycles. The summed E-state index contributed by atoms with van der Waals surface area (Å²) in [7, 11) is 0. The van der Waals surface area contributed by atoms with Crippen LogP contribution in [0.15, 0.2) is 67.4 Å². The smallest absolute Gasteiger partial charge is 0.137 e. The summed E-state index contributed by atoms with van der Waals surface area (Å²) in [6.45, 7) is 3.30. The molecule has 0 radical (unpaired) electrons. The van der Waals surface area contributed by atoms with Crippen LogP contribution in [0.3, 0.4) is 0 Å². The molecule has 2 aromatic heterocycles. The van der Waals surface area contributed by atoms with Crippen molar-refractivity contribution in [3.63, 3.8) is 0 Å². The van der Waals surface area contributed by atoms with E-state index >= 15 is 0 Å². The molecule has 0 amide bonds. The predicted octanol–water partition coefficient (Wildman–Crippen LogP) is 3.04. The molecule has 0 aliphatic carbocycles. The molecule has 0 bridgehead atoms. The zero-order valence-corrected chi connectivity index (χ0v) is 13.8. The number of rotatable bonds is 7. The highest BCUT2D eigenvalue weighted by Gasteiger charge is 2.12. The molecule has 5 heteroatoms. The summed E-state index contributed by atoms with van der Waals surface area (Å²) in [4.78, 5) is 10.7. The number of imidazole rings is 1. The monoisotopic (exact) mass is 322 g/mol.